The highest BCUT2D eigenvalue weighted by Gasteiger charge is 2.20. The summed E-state index contributed by atoms with van der Waals surface area (Å²) in [7, 11) is 1.79. The van der Waals surface area contributed by atoms with Gasteiger partial charge in [0.25, 0.3) is 0 Å². The van der Waals surface area contributed by atoms with Gasteiger partial charge in [0.15, 0.2) is 0 Å². The van der Waals surface area contributed by atoms with E-state index >= 15 is 0 Å². The molecule has 1 fully saturated rings. The number of hydrogen-bond donors (Lipinski definition) is 0. The minimum atomic E-state index is 0.479. The Morgan fingerprint density at radius 3 is 2.00 bits per heavy atom. The Morgan fingerprint density at radius 2 is 1.60 bits per heavy atom. The van der Waals surface area contributed by atoms with Crippen molar-refractivity contribution >= 4 is 23.0 Å². The maximum atomic E-state index is 5.23. The van der Waals surface area contributed by atoms with Gasteiger partial charge in [-0.1, -0.05) is 0 Å². The van der Waals surface area contributed by atoms with Gasteiger partial charge in [0, 0.05) is 7.11 Å². The zero-order valence-corrected chi connectivity index (χ0v) is 8.34. The molecule has 10 heavy (non-hydrogen) atoms. The van der Waals surface area contributed by atoms with Crippen LogP contribution in [0.25, 0.3) is 0 Å². The first-order chi connectivity index (χ1) is 4.86. The Bertz CT molecular complexity index is 77.6. The standard InChI is InChI=1S/C7H13IO2/c1-9-6-2-4-7(10-8)5-3-6/h6-7H,2-5H2,1H3. The van der Waals surface area contributed by atoms with Crippen LogP contribution in [0, 0.1) is 0 Å². The van der Waals surface area contributed by atoms with Crippen molar-refractivity contribution in [2.45, 2.75) is 37.9 Å². The Labute approximate surface area is 76.0 Å². The average Bonchev–Trinajstić information content (AvgIpc) is 2.05. The van der Waals surface area contributed by atoms with Gasteiger partial charge in [-0.3, -0.25) is 0 Å². The minimum absolute atomic E-state index is 0.479. The van der Waals surface area contributed by atoms with Crippen LogP contribution >= 0.6 is 23.0 Å². The molecule has 60 valence electrons. The second kappa shape index (κ2) is 4.51. The highest BCUT2D eigenvalue weighted by Crippen LogP contribution is 2.23. The van der Waals surface area contributed by atoms with E-state index in [4.69, 9.17) is 7.80 Å². The molecule has 0 amide bonds. The first-order valence-electron chi connectivity index (χ1n) is 3.67. The summed E-state index contributed by atoms with van der Waals surface area (Å²) >= 11 is 1.99. The molecule has 0 aromatic rings. The molecular formula is C7H13IO2. The van der Waals surface area contributed by atoms with Crippen LogP contribution < -0.4 is 0 Å². The number of methoxy groups -OCH3 is 1. The molecular weight excluding hydrogens is 243 g/mol. The molecule has 0 radical (unpaired) electrons. The Morgan fingerprint density at radius 1 is 1.10 bits per heavy atom. The summed E-state index contributed by atoms with van der Waals surface area (Å²) in [5, 5.41) is 0. The quantitative estimate of drug-likeness (QED) is 0.706. The summed E-state index contributed by atoms with van der Waals surface area (Å²) in [6.45, 7) is 0. The molecule has 1 saturated carbocycles. The van der Waals surface area contributed by atoms with Gasteiger partial charge in [0.05, 0.1) is 12.2 Å². The number of halogens is 1. The Balaban J connectivity index is 2.17. The lowest BCUT2D eigenvalue weighted by atomic mass is 9.95. The van der Waals surface area contributed by atoms with Crippen LogP contribution in [0.5, 0.6) is 0 Å². The molecule has 0 unspecified atom stereocenters. The van der Waals surface area contributed by atoms with Crippen LogP contribution in [0.4, 0.5) is 0 Å². The second-order valence-corrected chi connectivity index (χ2v) is 3.23. The summed E-state index contributed by atoms with van der Waals surface area (Å²) in [6, 6.07) is 0. The van der Waals surface area contributed by atoms with Crippen molar-refractivity contribution in [3.8, 4) is 0 Å². The molecule has 0 aromatic carbocycles. The SMILES string of the molecule is COC1CCC(OI)CC1. The third-order valence-electron chi connectivity index (χ3n) is 2.08. The number of rotatable bonds is 2. The van der Waals surface area contributed by atoms with Crippen molar-refractivity contribution in [3.63, 3.8) is 0 Å². The lowest BCUT2D eigenvalue weighted by molar-refractivity contribution is 0.0437. The van der Waals surface area contributed by atoms with Crippen LogP contribution in [0.3, 0.4) is 0 Å². The highest BCUT2D eigenvalue weighted by atomic mass is 127. The maximum absolute atomic E-state index is 5.23. The molecule has 1 aliphatic rings. The molecule has 0 bridgehead atoms. The molecule has 0 spiro atoms. The first-order valence-corrected chi connectivity index (χ1v) is 4.55. The predicted octanol–water partition coefficient (Wildman–Crippen LogP) is 2.31. The van der Waals surface area contributed by atoms with Crippen molar-refractivity contribution in [1.29, 1.82) is 0 Å². The topological polar surface area (TPSA) is 18.5 Å². The van der Waals surface area contributed by atoms with Gasteiger partial charge in [-0.2, -0.15) is 0 Å². The van der Waals surface area contributed by atoms with Gasteiger partial charge in [-0.25, -0.2) is 0 Å². The van der Waals surface area contributed by atoms with Crippen molar-refractivity contribution < 1.29 is 7.80 Å². The second-order valence-electron chi connectivity index (χ2n) is 2.72. The van der Waals surface area contributed by atoms with E-state index in [-0.39, 0.29) is 0 Å². The normalized spacial score (nSPS) is 34.2. The summed E-state index contributed by atoms with van der Waals surface area (Å²) in [4.78, 5) is 0. The van der Waals surface area contributed by atoms with Gasteiger partial charge in [0.2, 0.25) is 0 Å². The molecule has 0 aromatic heterocycles. The lowest BCUT2D eigenvalue weighted by Crippen LogP contribution is -2.23. The van der Waals surface area contributed by atoms with Crippen molar-refractivity contribution in [1.82, 2.24) is 0 Å². The van der Waals surface area contributed by atoms with Crippen molar-refractivity contribution in [3.05, 3.63) is 0 Å². The van der Waals surface area contributed by atoms with E-state index in [1.54, 1.807) is 7.11 Å². The van der Waals surface area contributed by atoms with Gasteiger partial charge in [-0.15, -0.1) is 0 Å². The molecule has 0 N–H and O–H groups in total. The fourth-order valence-electron chi connectivity index (χ4n) is 1.36. The van der Waals surface area contributed by atoms with Crippen LogP contribution in [-0.2, 0) is 7.80 Å². The van der Waals surface area contributed by atoms with E-state index in [1.165, 1.54) is 0 Å². The predicted molar refractivity (Wildman–Crippen MR) is 48.2 cm³/mol. The van der Waals surface area contributed by atoms with Crippen LogP contribution in [0.2, 0.25) is 0 Å². The molecule has 0 aliphatic heterocycles. The fraction of sp³-hybridized carbons (Fsp3) is 1.00. The van der Waals surface area contributed by atoms with Crippen molar-refractivity contribution in [2.75, 3.05) is 7.11 Å². The van der Waals surface area contributed by atoms with Crippen molar-refractivity contribution in [2.24, 2.45) is 0 Å². The van der Waals surface area contributed by atoms with Crippen LogP contribution in [-0.4, -0.2) is 19.3 Å². The molecule has 0 saturated heterocycles. The van der Waals surface area contributed by atoms with E-state index in [2.05, 4.69) is 0 Å². The summed E-state index contributed by atoms with van der Waals surface area (Å²) in [5.41, 5.74) is 0. The van der Waals surface area contributed by atoms with Gasteiger partial charge >= 0.3 is 0 Å². The summed E-state index contributed by atoms with van der Waals surface area (Å²) < 4.78 is 10.4. The highest BCUT2D eigenvalue weighted by molar-refractivity contribution is 14.1. The van der Waals surface area contributed by atoms with E-state index in [9.17, 15) is 0 Å². The molecule has 2 nitrogen and oxygen atoms in total. The largest absolute Gasteiger partial charge is 0.381 e. The van der Waals surface area contributed by atoms with Gasteiger partial charge < -0.3 is 7.80 Å². The zero-order chi connectivity index (χ0) is 7.40. The first kappa shape index (κ1) is 8.74. The number of ether oxygens (including phenoxy) is 1. The van der Waals surface area contributed by atoms with E-state index in [0.717, 1.165) is 25.7 Å². The third kappa shape index (κ3) is 2.36. The monoisotopic (exact) mass is 256 g/mol. The van der Waals surface area contributed by atoms with E-state index < -0.39 is 0 Å². The zero-order valence-electron chi connectivity index (χ0n) is 6.18. The Hall–Kier alpha value is 0.650. The number of hydrogen-bond acceptors (Lipinski definition) is 2. The van der Waals surface area contributed by atoms with E-state index in [1.807, 2.05) is 23.0 Å². The van der Waals surface area contributed by atoms with Gasteiger partial charge in [-0.05, 0) is 25.7 Å². The average molecular weight is 256 g/mol. The van der Waals surface area contributed by atoms with Crippen LogP contribution in [0.15, 0.2) is 0 Å². The lowest BCUT2D eigenvalue weighted by Gasteiger charge is -2.25. The summed E-state index contributed by atoms with van der Waals surface area (Å²) in [6.07, 6.45) is 5.59. The van der Waals surface area contributed by atoms with Gasteiger partial charge in [0.1, 0.15) is 23.0 Å². The maximum Gasteiger partial charge on any atom is 0.110 e. The summed E-state index contributed by atoms with van der Waals surface area (Å²) in [5.74, 6) is 0. The molecule has 1 rings (SSSR count). The Kier molecular flexibility index (Phi) is 3.95. The minimum Gasteiger partial charge on any atom is -0.381 e. The van der Waals surface area contributed by atoms with E-state index in [0.29, 0.717) is 12.2 Å². The molecule has 3 heteroatoms. The molecule has 0 atom stereocenters. The third-order valence-corrected chi connectivity index (χ3v) is 2.80. The smallest absolute Gasteiger partial charge is 0.110 e. The van der Waals surface area contributed by atoms with Crippen LogP contribution in [0.1, 0.15) is 25.7 Å². The molecule has 1 aliphatic carbocycles. The fourth-order valence-corrected chi connectivity index (χ4v) is 1.87. The molecule has 0 heterocycles.